The number of nitrogens with one attached hydrogen (secondary N) is 1. The van der Waals surface area contributed by atoms with Crippen molar-refractivity contribution in [2.45, 2.75) is 295 Å². The van der Waals surface area contributed by atoms with Crippen LogP contribution in [0.4, 0.5) is 0 Å². The van der Waals surface area contributed by atoms with Crippen LogP contribution in [0.1, 0.15) is 277 Å². The maximum atomic E-state index is 12.5. The third kappa shape index (κ3) is 44.4. The standard InChI is InChI=1S/C54H103NO4/c1-3-5-7-9-11-13-15-17-19-21-23-25-27-29-30-32-34-36-38-40-42-44-46-48-52(57)51(50-56)55-54(59)53(58)49-47-45-43-41-39-37-35-33-31-28-26-24-22-20-18-16-14-12-10-8-6-4-2/h24,26,31,33,46,48,51-53,56-58H,3-23,25,27-30,32,34-45,47,49-50H2,1-2H3,(H,55,59)/b26-24-,33-31-,48-46+. The number of amides is 1. The molecule has 0 aromatic heterocycles. The van der Waals surface area contributed by atoms with Crippen molar-refractivity contribution in [1.29, 1.82) is 0 Å². The highest BCUT2D eigenvalue weighted by Gasteiger charge is 2.22. The van der Waals surface area contributed by atoms with Crippen LogP contribution in [0.3, 0.4) is 0 Å². The molecule has 0 aliphatic carbocycles. The zero-order valence-corrected chi connectivity index (χ0v) is 39.6. The summed E-state index contributed by atoms with van der Waals surface area (Å²) in [5.41, 5.74) is 0. The summed E-state index contributed by atoms with van der Waals surface area (Å²) in [6.07, 6.45) is 63.4. The van der Waals surface area contributed by atoms with Crippen LogP contribution in [-0.2, 0) is 4.79 Å². The van der Waals surface area contributed by atoms with E-state index >= 15 is 0 Å². The van der Waals surface area contributed by atoms with Crippen LogP contribution in [0.25, 0.3) is 0 Å². The Labute approximate surface area is 368 Å². The summed E-state index contributed by atoms with van der Waals surface area (Å²) in [7, 11) is 0. The minimum absolute atomic E-state index is 0.366. The largest absolute Gasteiger partial charge is 0.394 e. The van der Waals surface area contributed by atoms with Gasteiger partial charge in [0.1, 0.15) is 6.10 Å². The van der Waals surface area contributed by atoms with Crippen LogP contribution in [0.15, 0.2) is 36.5 Å². The van der Waals surface area contributed by atoms with Gasteiger partial charge in [0.15, 0.2) is 0 Å². The molecular weight excluding hydrogens is 727 g/mol. The Kier molecular flexibility index (Phi) is 48.0. The molecule has 5 heteroatoms. The van der Waals surface area contributed by atoms with E-state index in [1.165, 1.54) is 212 Å². The SMILES string of the molecule is CCCCCCCCCCC/C=C\C/C=C\CCCCCCCCC(O)C(=O)NC(CO)C(O)/C=C/CCCCCCCCCCCCCCCCCCCCCCC. The van der Waals surface area contributed by atoms with Crippen molar-refractivity contribution in [3.05, 3.63) is 36.5 Å². The summed E-state index contributed by atoms with van der Waals surface area (Å²) < 4.78 is 0. The first-order valence-corrected chi connectivity index (χ1v) is 26.3. The highest BCUT2D eigenvalue weighted by molar-refractivity contribution is 5.80. The van der Waals surface area contributed by atoms with Gasteiger partial charge < -0.3 is 20.6 Å². The van der Waals surface area contributed by atoms with E-state index < -0.39 is 24.2 Å². The second kappa shape index (κ2) is 49.2. The molecule has 0 aromatic rings. The fourth-order valence-electron chi connectivity index (χ4n) is 8.10. The minimum atomic E-state index is -1.11. The molecular formula is C54H103NO4. The number of unbranched alkanes of at least 4 members (excludes halogenated alkanes) is 36. The number of allylic oxidation sites excluding steroid dienone is 5. The first kappa shape index (κ1) is 57.6. The van der Waals surface area contributed by atoms with E-state index in [0.29, 0.717) is 6.42 Å². The van der Waals surface area contributed by atoms with Crippen molar-refractivity contribution < 1.29 is 20.1 Å². The summed E-state index contributed by atoms with van der Waals surface area (Å²) in [5.74, 6) is -0.508. The first-order valence-electron chi connectivity index (χ1n) is 26.3. The second-order valence-electron chi connectivity index (χ2n) is 18.1. The van der Waals surface area contributed by atoms with E-state index in [1.54, 1.807) is 6.08 Å². The van der Waals surface area contributed by atoms with E-state index in [9.17, 15) is 20.1 Å². The Balaban J connectivity index is 3.63. The maximum absolute atomic E-state index is 12.5. The van der Waals surface area contributed by atoms with Gasteiger partial charge in [-0.2, -0.15) is 0 Å². The topological polar surface area (TPSA) is 89.8 Å². The molecule has 4 N–H and O–H groups in total. The molecule has 59 heavy (non-hydrogen) atoms. The summed E-state index contributed by atoms with van der Waals surface area (Å²) in [5, 5.41) is 33.3. The molecule has 0 heterocycles. The summed E-state index contributed by atoms with van der Waals surface area (Å²) in [4.78, 5) is 12.5. The maximum Gasteiger partial charge on any atom is 0.249 e. The smallest absolute Gasteiger partial charge is 0.249 e. The number of aliphatic hydroxyl groups excluding tert-OH is 3. The average molecular weight is 830 g/mol. The molecule has 0 aliphatic heterocycles. The molecule has 3 unspecified atom stereocenters. The molecule has 0 spiro atoms. The molecule has 0 saturated carbocycles. The van der Waals surface area contributed by atoms with E-state index in [4.69, 9.17) is 0 Å². The van der Waals surface area contributed by atoms with Gasteiger partial charge in [-0.3, -0.25) is 4.79 Å². The number of aliphatic hydroxyl groups is 3. The van der Waals surface area contributed by atoms with Gasteiger partial charge in [0, 0.05) is 0 Å². The highest BCUT2D eigenvalue weighted by atomic mass is 16.3. The van der Waals surface area contributed by atoms with Crippen LogP contribution in [-0.4, -0.2) is 46.1 Å². The first-order chi connectivity index (χ1) is 29.1. The highest BCUT2D eigenvalue weighted by Crippen LogP contribution is 2.16. The molecule has 0 saturated heterocycles. The van der Waals surface area contributed by atoms with Gasteiger partial charge in [-0.1, -0.05) is 262 Å². The van der Waals surface area contributed by atoms with Gasteiger partial charge in [0.25, 0.3) is 0 Å². The lowest BCUT2D eigenvalue weighted by Gasteiger charge is -2.21. The molecule has 0 fully saturated rings. The molecule has 5 nitrogen and oxygen atoms in total. The predicted molar refractivity (Wildman–Crippen MR) is 259 cm³/mol. The number of carbonyl (C=O) groups excluding carboxylic acids is 1. The van der Waals surface area contributed by atoms with E-state index in [-0.39, 0.29) is 6.61 Å². The van der Waals surface area contributed by atoms with Crippen molar-refractivity contribution in [3.63, 3.8) is 0 Å². The molecule has 0 aliphatic rings. The van der Waals surface area contributed by atoms with Gasteiger partial charge in [-0.15, -0.1) is 0 Å². The monoisotopic (exact) mass is 830 g/mol. The minimum Gasteiger partial charge on any atom is -0.394 e. The third-order valence-electron chi connectivity index (χ3n) is 12.2. The molecule has 0 rings (SSSR count). The fraction of sp³-hybridized carbons (Fsp3) is 0.870. The van der Waals surface area contributed by atoms with Crippen LogP contribution in [0, 0.1) is 0 Å². The number of hydrogen-bond donors (Lipinski definition) is 4. The van der Waals surface area contributed by atoms with Gasteiger partial charge >= 0.3 is 0 Å². The normalized spacial score (nSPS) is 13.6. The summed E-state index contributed by atoms with van der Waals surface area (Å²) in [6, 6.07) is -0.803. The Morgan fingerprint density at radius 3 is 1.07 bits per heavy atom. The second-order valence-corrected chi connectivity index (χ2v) is 18.1. The lowest BCUT2D eigenvalue weighted by atomic mass is 10.0. The predicted octanol–water partition coefficient (Wildman–Crippen LogP) is 15.9. The molecule has 1 amide bonds. The fourth-order valence-corrected chi connectivity index (χ4v) is 8.10. The Morgan fingerprint density at radius 2 is 0.729 bits per heavy atom. The number of rotatable bonds is 48. The van der Waals surface area contributed by atoms with E-state index in [0.717, 1.165) is 44.9 Å². The molecule has 0 bridgehead atoms. The Bertz CT molecular complexity index is 916. The van der Waals surface area contributed by atoms with Gasteiger partial charge in [-0.05, 0) is 51.4 Å². The zero-order valence-electron chi connectivity index (χ0n) is 39.6. The summed E-state index contributed by atoms with van der Waals surface area (Å²) in [6.45, 7) is 4.20. The van der Waals surface area contributed by atoms with Crippen molar-refractivity contribution >= 4 is 5.91 Å². The van der Waals surface area contributed by atoms with Gasteiger partial charge in [0.2, 0.25) is 5.91 Å². The van der Waals surface area contributed by atoms with Crippen LogP contribution in [0.5, 0.6) is 0 Å². The van der Waals surface area contributed by atoms with Gasteiger partial charge in [0.05, 0.1) is 18.8 Å². The average Bonchev–Trinajstić information content (AvgIpc) is 3.24. The van der Waals surface area contributed by atoms with Gasteiger partial charge in [-0.25, -0.2) is 0 Å². The number of carbonyl (C=O) groups is 1. The Hall–Kier alpha value is -1.43. The lowest BCUT2D eigenvalue weighted by molar-refractivity contribution is -0.131. The lowest BCUT2D eigenvalue weighted by Crippen LogP contribution is -2.48. The van der Waals surface area contributed by atoms with Crippen LogP contribution >= 0.6 is 0 Å². The Morgan fingerprint density at radius 1 is 0.424 bits per heavy atom. The molecule has 348 valence electrons. The van der Waals surface area contributed by atoms with Crippen LogP contribution < -0.4 is 5.32 Å². The van der Waals surface area contributed by atoms with Crippen molar-refractivity contribution in [3.8, 4) is 0 Å². The zero-order chi connectivity index (χ0) is 43.0. The summed E-state index contributed by atoms with van der Waals surface area (Å²) >= 11 is 0. The third-order valence-corrected chi connectivity index (χ3v) is 12.2. The number of hydrogen-bond acceptors (Lipinski definition) is 4. The van der Waals surface area contributed by atoms with Crippen LogP contribution in [0.2, 0.25) is 0 Å². The van der Waals surface area contributed by atoms with Crippen molar-refractivity contribution in [1.82, 2.24) is 5.32 Å². The van der Waals surface area contributed by atoms with Crippen molar-refractivity contribution in [2.24, 2.45) is 0 Å². The van der Waals surface area contributed by atoms with Crippen molar-refractivity contribution in [2.75, 3.05) is 6.61 Å². The van der Waals surface area contributed by atoms with E-state index in [2.05, 4.69) is 43.5 Å². The quantitative estimate of drug-likeness (QED) is 0.0363. The molecule has 0 aromatic carbocycles. The van der Waals surface area contributed by atoms with E-state index in [1.807, 2.05) is 6.08 Å². The molecule has 3 atom stereocenters. The molecule has 0 radical (unpaired) electrons.